The highest BCUT2D eigenvalue weighted by Gasteiger charge is 2.47. The van der Waals surface area contributed by atoms with Crippen LogP contribution in [0, 0.1) is 5.92 Å². The van der Waals surface area contributed by atoms with Gasteiger partial charge in [-0.05, 0) is 52.8 Å². The second-order valence-corrected chi connectivity index (χ2v) is 13.4. The number of carbonyl (C=O) groups is 1. The number of nitrogens with zero attached hydrogens (tertiary/aromatic N) is 2. The van der Waals surface area contributed by atoms with Crippen LogP contribution in [0.2, 0.25) is 0 Å². The SMILES string of the molecule is C1CCCCCC1.CC1=COCN(Cc2ccccc2N(C(=O)OCC(C)C)C(c2ccccc2)(c2ccccc2)c2ccccc2)C=C1. The molecule has 5 nitrogen and oxygen atoms in total. The summed E-state index contributed by atoms with van der Waals surface area (Å²) < 4.78 is 11.9. The number of amides is 1. The summed E-state index contributed by atoms with van der Waals surface area (Å²) in [5.74, 6) is 0.181. The van der Waals surface area contributed by atoms with Crippen molar-refractivity contribution in [2.45, 2.75) is 77.8 Å². The lowest BCUT2D eigenvalue weighted by Crippen LogP contribution is -2.52. The summed E-state index contributed by atoms with van der Waals surface area (Å²) >= 11 is 0. The third kappa shape index (κ3) is 9.23. The van der Waals surface area contributed by atoms with Gasteiger partial charge in [-0.25, -0.2) is 4.79 Å². The van der Waals surface area contributed by atoms with Gasteiger partial charge in [-0.3, -0.25) is 4.90 Å². The van der Waals surface area contributed by atoms with Crippen molar-refractivity contribution in [3.8, 4) is 0 Å². The van der Waals surface area contributed by atoms with Gasteiger partial charge in [0.25, 0.3) is 0 Å². The molecule has 1 amide bonds. The van der Waals surface area contributed by atoms with Crippen LogP contribution in [0.3, 0.4) is 0 Å². The molecule has 49 heavy (non-hydrogen) atoms. The number of ether oxygens (including phenoxy) is 2. The number of benzene rings is 4. The maximum Gasteiger partial charge on any atom is 0.415 e. The molecule has 0 unspecified atom stereocenters. The van der Waals surface area contributed by atoms with Crippen LogP contribution in [-0.2, 0) is 21.6 Å². The Balaban J connectivity index is 0.000000595. The van der Waals surface area contributed by atoms with Crippen molar-refractivity contribution >= 4 is 11.8 Å². The molecule has 2 aliphatic rings. The molecule has 1 aliphatic carbocycles. The normalized spacial score (nSPS) is 14.8. The van der Waals surface area contributed by atoms with Crippen molar-refractivity contribution in [2.75, 3.05) is 18.2 Å². The van der Waals surface area contributed by atoms with Crippen LogP contribution in [0.15, 0.2) is 139 Å². The lowest BCUT2D eigenvalue weighted by molar-refractivity contribution is 0.126. The molecule has 0 saturated heterocycles. The number of anilines is 1. The van der Waals surface area contributed by atoms with E-state index in [1.54, 1.807) is 6.26 Å². The fourth-order valence-corrected chi connectivity index (χ4v) is 6.63. The number of hydrogen-bond acceptors (Lipinski definition) is 4. The van der Waals surface area contributed by atoms with E-state index >= 15 is 0 Å². The first-order valence-electron chi connectivity index (χ1n) is 17.9. The van der Waals surface area contributed by atoms with E-state index in [1.807, 2.05) is 111 Å². The largest absolute Gasteiger partial charge is 0.480 e. The Kier molecular flexibility index (Phi) is 13.1. The first kappa shape index (κ1) is 35.5. The molecule has 1 heterocycles. The van der Waals surface area contributed by atoms with Gasteiger partial charge in [0, 0.05) is 12.7 Å². The molecule has 5 heteroatoms. The number of carbonyl (C=O) groups excluding carboxylic acids is 1. The predicted molar refractivity (Wildman–Crippen MR) is 201 cm³/mol. The lowest BCUT2D eigenvalue weighted by atomic mass is 9.75. The highest BCUT2D eigenvalue weighted by atomic mass is 16.6. The Morgan fingerprint density at radius 1 is 0.735 bits per heavy atom. The molecule has 0 radical (unpaired) electrons. The molecule has 0 atom stereocenters. The van der Waals surface area contributed by atoms with Crippen LogP contribution in [-0.4, -0.2) is 24.3 Å². The number of allylic oxidation sites excluding steroid dienone is 2. The van der Waals surface area contributed by atoms with E-state index in [0.717, 1.165) is 33.5 Å². The summed E-state index contributed by atoms with van der Waals surface area (Å²) in [6.07, 6.45) is 15.9. The Morgan fingerprint density at radius 2 is 1.20 bits per heavy atom. The average Bonchev–Trinajstić information content (AvgIpc) is 3.57. The zero-order valence-electron chi connectivity index (χ0n) is 29.5. The van der Waals surface area contributed by atoms with Gasteiger partial charge in [0.2, 0.25) is 0 Å². The molecule has 0 spiro atoms. The van der Waals surface area contributed by atoms with Crippen molar-refractivity contribution < 1.29 is 14.3 Å². The van der Waals surface area contributed by atoms with Crippen molar-refractivity contribution in [3.05, 3.63) is 162 Å². The second kappa shape index (κ2) is 18.1. The summed E-state index contributed by atoms with van der Waals surface area (Å²) in [5, 5.41) is 0. The fraction of sp³-hybridized carbons (Fsp3) is 0.341. The Labute approximate surface area is 293 Å². The fourth-order valence-electron chi connectivity index (χ4n) is 6.63. The predicted octanol–water partition coefficient (Wildman–Crippen LogP) is 11.2. The first-order valence-corrected chi connectivity index (χ1v) is 17.9. The molecular formula is C44H52N2O3. The summed E-state index contributed by atoms with van der Waals surface area (Å²) in [6, 6.07) is 38.7. The van der Waals surface area contributed by atoms with Crippen LogP contribution in [0.25, 0.3) is 0 Å². The smallest absolute Gasteiger partial charge is 0.415 e. The van der Waals surface area contributed by atoms with Crippen LogP contribution in [0.1, 0.15) is 88.0 Å². The Morgan fingerprint density at radius 3 is 1.69 bits per heavy atom. The standard InChI is InChI=1S/C37H38N2O3.C7H14/c1-29(2)26-42-36(40)39(35-22-14-13-15-31(35)25-38-24-23-30(3)27-41-28-38)37(32-16-7-4-8-17-32,33-18-9-5-10-19-33)34-20-11-6-12-21-34;1-2-4-6-7-5-3-1/h4-24,27,29H,25-26,28H2,1-3H3;1-7H2. The van der Waals surface area contributed by atoms with Crippen molar-refractivity contribution in [1.29, 1.82) is 0 Å². The second-order valence-electron chi connectivity index (χ2n) is 13.4. The van der Waals surface area contributed by atoms with E-state index in [-0.39, 0.29) is 5.92 Å². The Bertz CT molecular complexity index is 1520. The van der Waals surface area contributed by atoms with E-state index < -0.39 is 11.6 Å². The van der Waals surface area contributed by atoms with Gasteiger partial charge in [-0.2, -0.15) is 0 Å². The monoisotopic (exact) mass is 656 g/mol. The van der Waals surface area contributed by atoms with Gasteiger partial charge in [0.05, 0.1) is 18.6 Å². The van der Waals surface area contributed by atoms with Crippen molar-refractivity contribution in [3.63, 3.8) is 0 Å². The molecule has 4 aromatic carbocycles. The van der Waals surface area contributed by atoms with E-state index in [9.17, 15) is 4.79 Å². The molecule has 1 aliphatic heterocycles. The third-order valence-corrected chi connectivity index (χ3v) is 9.05. The van der Waals surface area contributed by atoms with Gasteiger partial charge in [-0.15, -0.1) is 0 Å². The lowest BCUT2D eigenvalue weighted by Gasteiger charge is -2.45. The maximum atomic E-state index is 14.6. The number of hydrogen-bond donors (Lipinski definition) is 0. The summed E-state index contributed by atoms with van der Waals surface area (Å²) in [5.41, 5.74) is 4.62. The molecule has 0 N–H and O–H groups in total. The minimum Gasteiger partial charge on any atom is -0.480 e. The highest BCUT2D eigenvalue weighted by molar-refractivity contribution is 5.93. The van der Waals surface area contributed by atoms with E-state index in [1.165, 1.54) is 44.9 Å². The first-order chi connectivity index (χ1) is 24.0. The molecule has 6 rings (SSSR count). The highest BCUT2D eigenvalue weighted by Crippen LogP contribution is 2.46. The molecular weight excluding hydrogens is 604 g/mol. The van der Waals surface area contributed by atoms with Gasteiger partial charge < -0.3 is 14.4 Å². The summed E-state index contributed by atoms with van der Waals surface area (Å²) in [7, 11) is 0. The molecule has 256 valence electrons. The van der Waals surface area contributed by atoms with Gasteiger partial charge in [0.15, 0.2) is 6.73 Å². The van der Waals surface area contributed by atoms with E-state index in [2.05, 4.69) is 47.4 Å². The summed E-state index contributed by atoms with van der Waals surface area (Å²) in [4.78, 5) is 18.6. The molecule has 1 saturated carbocycles. The van der Waals surface area contributed by atoms with Gasteiger partial charge in [0.1, 0.15) is 5.54 Å². The maximum absolute atomic E-state index is 14.6. The number of rotatable bonds is 9. The molecule has 1 fully saturated rings. The quantitative estimate of drug-likeness (QED) is 0.133. The van der Waals surface area contributed by atoms with Gasteiger partial charge >= 0.3 is 6.09 Å². The van der Waals surface area contributed by atoms with Crippen LogP contribution in [0.5, 0.6) is 0 Å². The van der Waals surface area contributed by atoms with Crippen LogP contribution in [0.4, 0.5) is 10.5 Å². The summed E-state index contributed by atoms with van der Waals surface area (Å²) in [6.45, 7) is 7.35. The third-order valence-electron chi connectivity index (χ3n) is 9.05. The Hall–Kier alpha value is -4.77. The van der Waals surface area contributed by atoms with Crippen molar-refractivity contribution in [2.24, 2.45) is 5.92 Å². The van der Waals surface area contributed by atoms with Crippen LogP contribution < -0.4 is 4.90 Å². The molecule has 0 bridgehead atoms. The van der Waals surface area contributed by atoms with Gasteiger partial charge in [-0.1, -0.05) is 168 Å². The molecule has 4 aromatic rings. The average molecular weight is 657 g/mol. The number of para-hydroxylation sites is 1. The molecule has 0 aromatic heterocycles. The van der Waals surface area contributed by atoms with Crippen LogP contribution >= 0.6 is 0 Å². The topological polar surface area (TPSA) is 42.0 Å². The minimum atomic E-state index is -1.03. The van der Waals surface area contributed by atoms with E-state index in [0.29, 0.717) is 19.9 Å². The van der Waals surface area contributed by atoms with Crippen molar-refractivity contribution in [1.82, 2.24) is 4.90 Å². The zero-order valence-corrected chi connectivity index (χ0v) is 29.5. The van der Waals surface area contributed by atoms with E-state index in [4.69, 9.17) is 9.47 Å². The zero-order chi connectivity index (χ0) is 34.3. The minimum absolute atomic E-state index is 0.181.